The fourth-order valence-electron chi connectivity index (χ4n) is 2.95. The number of primary amides is 1. The van der Waals surface area contributed by atoms with Gasteiger partial charge >= 0.3 is 0 Å². The molecule has 8 nitrogen and oxygen atoms in total. The molecule has 1 unspecified atom stereocenters. The second kappa shape index (κ2) is 18.4. The predicted octanol–water partition coefficient (Wildman–Crippen LogP) is 0.864. The minimum atomic E-state index is -0.545. The summed E-state index contributed by atoms with van der Waals surface area (Å²) in [6.45, 7) is 15.4. The van der Waals surface area contributed by atoms with Crippen LogP contribution in [0, 0.1) is 6.42 Å². The number of nitrogens with one attached hydrogen (secondary N) is 2. The normalized spacial score (nSPS) is 12.2. The molecule has 0 heterocycles. The third-order valence-corrected chi connectivity index (χ3v) is 6.10. The molecule has 30 heavy (non-hydrogen) atoms. The smallest absolute Gasteiger partial charge is 0.233 e. The van der Waals surface area contributed by atoms with Gasteiger partial charge in [-0.1, -0.05) is 27.7 Å². The number of carbonyl (C=O) groups is 3. The summed E-state index contributed by atoms with van der Waals surface area (Å²) in [6.07, 6.45) is 3.14. The van der Waals surface area contributed by atoms with E-state index < -0.39 is 11.2 Å². The number of nitrogens with two attached hydrogens (primary N) is 1. The molecule has 0 aliphatic rings. The van der Waals surface area contributed by atoms with E-state index in [1.807, 2.05) is 0 Å². The summed E-state index contributed by atoms with van der Waals surface area (Å²) in [6, 6.07) is 0. The Morgan fingerprint density at radius 1 is 0.900 bits per heavy atom. The Morgan fingerprint density at radius 2 is 1.40 bits per heavy atom. The van der Waals surface area contributed by atoms with Crippen LogP contribution in [-0.2, 0) is 14.4 Å². The van der Waals surface area contributed by atoms with Crippen molar-refractivity contribution in [3.05, 3.63) is 6.42 Å². The molecule has 0 aromatic rings. The summed E-state index contributed by atoms with van der Waals surface area (Å²) in [5.41, 5.74) is 5.14. The van der Waals surface area contributed by atoms with Gasteiger partial charge in [-0.2, -0.15) is 0 Å². The van der Waals surface area contributed by atoms with Gasteiger partial charge in [-0.05, 0) is 52.1 Å². The molecule has 0 rings (SSSR count). The Bertz CT molecular complexity index is 485. The summed E-state index contributed by atoms with van der Waals surface area (Å²) >= 11 is 1.26. The lowest BCUT2D eigenvalue weighted by Gasteiger charge is -2.20. The van der Waals surface area contributed by atoms with Crippen LogP contribution in [0.2, 0.25) is 0 Å². The summed E-state index contributed by atoms with van der Waals surface area (Å²) in [7, 11) is 0. The molecule has 1 atom stereocenters. The maximum Gasteiger partial charge on any atom is 0.233 e. The van der Waals surface area contributed by atoms with Gasteiger partial charge < -0.3 is 26.2 Å². The quantitative estimate of drug-likeness (QED) is 0.255. The first-order valence-corrected chi connectivity index (χ1v) is 12.2. The van der Waals surface area contributed by atoms with Crippen molar-refractivity contribution in [2.45, 2.75) is 52.2 Å². The van der Waals surface area contributed by atoms with Crippen LogP contribution in [0.3, 0.4) is 0 Å². The van der Waals surface area contributed by atoms with Crippen molar-refractivity contribution in [1.29, 1.82) is 0 Å². The van der Waals surface area contributed by atoms with Crippen LogP contribution in [0.25, 0.3) is 0 Å². The first-order valence-electron chi connectivity index (χ1n) is 11.1. The molecule has 0 aromatic heterocycles. The third-order valence-electron chi connectivity index (χ3n) is 4.96. The number of hydrogen-bond acceptors (Lipinski definition) is 6. The van der Waals surface area contributed by atoms with E-state index in [-0.39, 0.29) is 18.2 Å². The zero-order valence-electron chi connectivity index (χ0n) is 19.2. The molecule has 0 fully saturated rings. The highest BCUT2D eigenvalue weighted by Gasteiger charge is 2.22. The van der Waals surface area contributed by atoms with Gasteiger partial charge in [-0.25, -0.2) is 0 Å². The first kappa shape index (κ1) is 28.7. The van der Waals surface area contributed by atoms with Gasteiger partial charge in [-0.3, -0.25) is 14.4 Å². The molecule has 0 aromatic carbocycles. The SMILES string of the molecule is CCN(CC)CCCNC(=O)CC(SC[CH]C(N)=O)C(=O)NCCCN(CC)CC. The minimum Gasteiger partial charge on any atom is -0.369 e. The number of amides is 3. The van der Waals surface area contributed by atoms with E-state index in [0.29, 0.717) is 18.8 Å². The van der Waals surface area contributed by atoms with Crippen molar-refractivity contribution in [2.24, 2.45) is 5.73 Å². The lowest BCUT2D eigenvalue weighted by Crippen LogP contribution is -2.39. The summed E-state index contributed by atoms with van der Waals surface area (Å²) in [5, 5.41) is 5.28. The number of nitrogens with zero attached hydrogens (tertiary/aromatic N) is 2. The molecule has 9 heteroatoms. The van der Waals surface area contributed by atoms with E-state index in [1.165, 1.54) is 18.2 Å². The summed E-state index contributed by atoms with van der Waals surface area (Å²) in [4.78, 5) is 40.4. The van der Waals surface area contributed by atoms with Gasteiger partial charge in [0.15, 0.2) is 0 Å². The van der Waals surface area contributed by atoms with Crippen LogP contribution in [-0.4, -0.2) is 90.9 Å². The first-order chi connectivity index (χ1) is 14.4. The van der Waals surface area contributed by atoms with Crippen LogP contribution in [0.15, 0.2) is 0 Å². The number of carbonyl (C=O) groups excluding carboxylic acids is 3. The second-order valence-electron chi connectivity index (χ2n) is 7.03. The van der Waals surface area contributed by atoms with Crippen molar-refractivity contribution in [3.8, 4) is 0 Å². The molecule has 0 spiro atoms. The molecule has 0 saturated carbocycles. The number of rotatable bonds is 19. The summed E-state index contributed by atoms with van der Waals surface area (Å²) in [5.74, 6) is -0.538. The molecule has 1 radical (unpaired) electrons. The highest BCUT2D eigenvalue weighted by molar-refractivity contribution is 8.00. The number of hydrogen-bond donors (Lipinski definition) is 3. The molecule has 0 saturated heterocycles. The van der Waals surface area contributed by atoms with Crippen molar-refractivity contribution < 1.29 is 14.4 Å². The zero-order valence-corrected chi connectivity index (χ0v) is 20.1. The zero-order chi connectivity index (χ0) is 22.8. The molecule has 0 aliphatic carbocycles. The largest absolute Gasteiger partial charge is 0.369 e. The molecule has 175 valence electrons. The van der Waals surface area contributed by atoms with Crippen LogP contribution in [0.5, 0.6) is 0 Å². The molecule has 0 aliphatic heterocycles. The Kier molecular flexibility index (Phi) is 17.6. The lowest BCUT2D eigenvalue weighted by molar-refractivity contribution is -0.125. The average molecular weight is 445 g/mol. The van der Waals surface area contributed by atoms with Crippen molar-refractivity contribution >= 4 is 29.5 Å². The third kappa shape index (κ3) is 14.6. The van der Waals surface area contributed by atoms with E-state index in [2.05, 4.69) is 48.1 Å². The fraction of sp³-hybridized carbons (Fsp3) is 0.810. The maximum atomic E-state index is 12.6. The van der Waals surface area contributed by atoms with Crippen LogP contribution < -0.4 is 16.4 Å². The summed E-state index contributed by atoms with van der Waals surface area (Å²) < 4.78 is 0. The van der Waals surface area contributed by atoms with E-state index in [0.717, 1.165) is 52.1 Å². The van der Waals surface area contributed by atoms with Crippen LogP contribution in [0.1, 0.15) is 47.0 Å². The standard InChI is InChI=1S/C21H42N5O3S/c1-5-25(6-2)14-9-12-23-20(28)17-18(30-16-11-19(22)27)21(29)24-13-10-15-26(7-3)8-4/h11,18H,5-10,12-17H2,1-4H3,(H2,22,27)(H,23,28)(H,24,29). The minimum absolute atomic E-state index is 0.0877. The molecule has 4 N–H and O–H groups in total. The van der Waals surface area contributed by atoms with E-state index in [4.69, 9.17) is 5.73 Å². The Morgan fingerprint density at radius 3 is 1.87 bits per heavy atom. The molecular weight excluding hydrogens is 402 g/mol. The monoisotopic (exact) mass is 444 g/mol. The van der Waals surface area contributed by atoms with Gasteiger partial charge in [0, 0.05) is 25.3 Å². The van der Waals surface area contributed by atoms with E-state index in [1.54, 1.807) is 0 Å². The van der Waals surface area contributed by atoms with E-state index >= 15 is 0 Å². The van der Waals surface area contributed by atoms with Gasteiger partial charge in [0.1, 0.15) is 0 Å². The highest BCUT2D eigenvalue weighted by Crippen LogP contribution is 2.16. The molecule has 0 bridgehead atoms. The average Bonchev–Trinajstić information content (AvgIpc) is 2.72. The maximum absolute atomic E-state index is 12.6. The molecule has 3 amide bonds. The fourth-order valence-corrected chi connectivity index (χ4v) is 3.95. The van der Waals surface area contributed by atoms with Gasteiger partial charge in [-0.15, -0.1) is 11.8 Å². The Labute approximate surface area is 187 Å². The number of thioether (sulfide) groups is 1. The van der Waals surface area contributed by atoms with Gasteiger partial charge in [0.2, 0.25) is 17.7 Å². The van der Waals surface area contributed by atoms with Crippen molar-refractivity contribution in [1.82, 2.24) is 20.4 Å². The van der Waals surface area contributed by atoms with Crippen molar-refractivity contribution in [2.75, 3.05) is 58.1 Å². The van der Waals surface area contributed by atoms with Crippen molar-refractivity contribution in [3.63, 3.8) is 0 Å². The van der Waals surface area contributed by atoms with Crippen LogP contribution in [0.4, 0.5) is 0 Å². The highest BCUT2D eigenvalue weighted by atomic mass is 32.2. The second-order valence-corrected chi connectivity index (χ2v) is 8.27. The van der Waals surface area contributed by atoms with Crippen LogP contribution >= 0.6 is 11.8 Å². The molecular formula is C21H42N5O3S. The van der Waals surface area contributed by atoms with Gasteiger partial charge in [0.25, 0.3) is 0 Å². The van der Waals surface area contributed by atoms with E-state index in [9.17, 15) is 14.4 Å². The Hall–Kier alpha value is -1.32. The lowest BCUT2D eigenvalue weighted by atomic mass is 10.2. The van der Waals surface area contributed by atoms with Gasteiger partial charge in [0.05, 0.1) is 11.7 Å². The topological polar surface area (TPSA) is 108 Å². The Balaban J connectivity index is 4.44. The predicted molar refractivity (Wildman–Crippen MR) is 125 cm³/mol.